The van der Waals surface area contributed by atoms with Crippen molar-refractivity contribution in [3.8, 4) is 0 Å². The van der Waals surface area contributed by atoms with E-state index in [4.69, 9.17) is 4.74 Å². The van der Waals surface area contributed by atoms with E-state index in [0.717, 1.165) is 45.8 Å². The molecule has 0 aromatic rings. The minimum absolute atomic E-state index is 0.0152. The second-order valence-electron chi connectivity index (χ2n) is 4.15. The highest BCUT2D eigenvalue weighted by atomic mass is 16.5. The summed E-state index contributed by atoms with van der Waals surface area (Å²) in [7, 11) is 1.72. The Kier molecular flexibility index (Phi) is 6.65. The first-order valence-electron chi connectivity index (χ1n) is 6.13. The van der Waals surface area contributed by atoms with Gasteiger partial charge in [-0.25, -0.2) is 4.79 Å². The van der Waals surface area contributed by atoms with Crippen molar-refractivity contribution in [1.29, 1.82) is 0 Å². The fraction of sp³-hybridized carbons (Fsp3) is 0.750. The SMILES string of the molecule is C=CCNC(=O)N1CCN(CCCOC)CC1. The van der Waals surface area contributed by atoms with Crippen molar-refractivity contribution in [2.45, 2.75) is 6.42 Å². The average molecular weight is 241 g/mol. The Morgan fingerprint density at radius 2 is 2.12 bits per heavy atom. The van der Waals surface area contributed by atoms with Gasteiger partial charge >= 0.3 is 6.03 Å². The lowest BCUT2D eigenvalue weighted by molar-refractivity contribution is 0.125. The molecule has 1 fully saturated rings. The first-order valence-corrected chi connectivity index (χ1v) is 6.13. The van der Waals surface area contributed by atoms with E-state index in [2.05, 4.69) is 16.8 Å². The third kappa shape index (κ3) is 5.19. The number of hydrogen-bond donors (Lipinski definition) is 1. The van der Waals surface area contributed by atoms with Crippen LogP contribution in [0, 0.1) is 0 Å². The largest absolute Gasteiger partial charge is 0.385 e. The van der Waals surface area contributed by atoms with Gasteiger partial charge in [0.1, 0.15) is 0 Å². The van der Waals surface area contributed by atoms with Crippen molar-refractivity contribution in [3.05, 3.63) is 12.7 Å². The summed E-state index contributed by atoms with van der Waals surface area (Å²) >= 11 is 0. The second-order valence-corrected chi connectivity index (χ2v) is 4.15. The van der Waals surface area contributed by atoms with Crippen molar-refractivity contribution in [3.63, 3.8) is 0 Å². The Labute approximate surface area is 103 Å². The summed E-state index contributed by atoms with van der Waals surface area (Å²) in [6, 6.07) is 0.0152. The van der Waals surface area contributed by atoms with E-state index >= 15 is 0 Å². The van der Waals surface area contributed by atoms with Crippen LogP contribution in [0.2, 0.25) is 0 Å². The fourth-order valence-electron chi connectivity index (χ4n) is 1.88. The zero-order chi connectivity index (χ0) is 12.5. The van der Waals surface area contributed by atoms with Crippen LogP contribution in [0.5, 0.6) is 0 Å². The number of nitrogens with one attached hydrogen (secondary N) is 1. The molecule has 0 aromatic carbocycles. The second kappa shape index (κ2) is 8.08. The third-order valence-corrected chi connectivity index (χ3v) is 2.88. The lowest BCUT2D eigenvalue weighted by Crippen LogP contribution is -2.51. The van der Waals surface area contributed by atoms with Gasteiger partial charge in [-0.3, -0.25) is 4.90 Å². The first kappa shape index (κ1) is 14.0. The van der Waals surface area contributed by atoms with E-state index in [9.17, 15) is 4.79 Å². The van der Waals surface area contributed by atoms with Crippen LogP contribution in [-0.2, 0) is 4.74 Å². The molecule has 1 aliphatic rings. The minimum atomic E-state index is 0.0152. The van der Waals surface area contributed by atoms with Crippen molar-refractivity contribution < 1.29 is 9.53 Å². The number of amides is 2. The van der Waals surface area contributed by atoms with Crippen molar-refractivity contribution in [2.75, 3.05) is 53.0 Å². The zero-order valence-electron chi connectivity index (χ0n) is 10.7. The van der Waals surface area contributed by atoms with Crippen molar-refractivity contribution in [1.82, 2.24) is 15.1 Å². The lowest BCUT2D eigenvalue weighted by Gasteiger charge is -2.34. The first-order chi connectivity index (χ1) is 8.27. The van der Waals surface area contributed by atoms with E-state index in [1.165, 1.54) is 0 Å². The number of ether oxygens (including phenoxy) is 1. The van der Waals surface area contributed by atoms with Gasteiger partial charge in [0, 0.05) is 53.0 Å². The maximum Gasteiger partial charge on any atom is 0.317 e. The summed E-state index contributed by atoms with van der Waals surface area (Å²) < 4.78 is 5.03. The molecule has 17 heavy (non-hydrogen) atoms. The van der Waals surface area contributed by atoms with Gasteiger partial charge in [0.15, 0.2) is 0 Å². The topological polar surface area (TPSA) is 44.8 Å². The van der Waals surface area contributed by atoms with Crippen LogP contribution in [0.4, 0.5) is 4.79 Å². The number of carbonyl (C=O) groups is 1. The van der Waals surface area contributed by atoms with E-state index < -0.39 is 0 Å². The number of hydrogen-bond acceptors (Lipinski definition) is 3. The maximum atomic E-state index is 11.7. The van der Waals surface area contributed by atoms with Crippen LogP contribution in [0.3, 0.4) is 0 Å². The third-order valence-electron chi connectivity index (χ3n) is 2.88. The van der Waals surface area contributed by atoms with Gasteiger partial charge in [-0.2, -0.15) is 0 Å². The number of rotatable bonds is 6. The molecule has 0 aromatic heterocycles. The molecule has 1 N–H and O–H groups in total. The summed E-state index contributed by atoms with van der Waals surface area (Å²) in [4.78, 5) is 15.9. The van der Waals surface area contributed by atoms with Gasteiger partial charge in [0.25, 0.3) is 0 Å². The summed E-state index contributed by atoms with van der Waals surface area (Å²) in [6.45, 7) is 9.47. The van der Waals surface area contributed by atoms with E-state index in [1.54, 1.807) is 13.2 Å². The van der Waals surface area contributed by atoms with Gasteiger partial charge < -0.3 is 15.0 Å². The van der Waals surface area contributed by atoms with Gasteiger partial charge in [-0.1, -0.05) is 6.08 Å². The fourth-order valence-corrected chi connectivity index (χ4v) is 1.88. The Hall–Kier alpha value is -1.07. The molecule has 98 valence electrons. The molecular formula is C12H23N3O2. The molecule has 1 aliphatic heterocycles. The number of urea groups is 1. The van der Waals surface area contributed by atoms with Crippen LogP contribution < -0.4 is 5.32 Å². The maximum absolute atomic E-state index is 11.7. The standard InChI is InChI=1S/C12H23N3O2/c1-3-5-13-12(16)15-9-7-14(8-10-15)6-4-11-17-2/h3H,1,4-11H2,2H3,(H,13,16). The van der Waals surface area contributed by atoms with Crippen molar-refractivity contribution in [2.24, 2.45) is 0 Å². The van der Waals surface area contributed by atoms with E-state index in [0.29, 0.717) is 6.54 Å². The Morgan fingerprint density at radius 3 is 2.71 bits per heavy atom. The van der Waals surface area contributed by atoms with Crippen LogP contribution in [0.1, 0.15) is 6.42 Å². The highest BCUT2D eigenvalue weighted by Crippen LogP contribution is 2.02. The normalized spacial score (nSPS) is 16.9. The summed E-state index contributed by atoms with van der Waals surface area (Å²) in [5, 5.41) is 2.80. The summed E-state index contributed by atoms with van der Waals surface area (Å²) in [5.41, 5.74) is 0. The molecule has 5 heteroatoms. The summed E-state index contributed by atoms with van der Waals surface area (Å²) in [5.74, 6) is 0. The van der Waals surface area contributed by atoms with Crippen LogP contribution in [0.15, 0.2) is 12.7 Å². The molecule has 0 aliphatic carbocycles. The predicted octanol–water partition coefficient (Wildman–Crippen LogP) is 0.536. The van der Waals surface area contributed by atoms with Crippen molar-refractivity contribution >= 4 is 6.03 Å². The molecule has 0 saturated carbocycles. The quantitative estimate of drug-likeness (QED) is 0.545. The molecule has 0 radical (unpaired) electrons. The average Bonchev–Trinajstić information content (AvgIpc) is 2.37. The minimum Gasteiger partial charge on any atom is -0.385 e. The molecule has 2 amide bonds. The number of methoxy groups -OCH3 is 1. The molecular weight excluding hydrogens is 218 g/mol. The smallest absolute Gasteiger partial charge is 0.317 e. The molecule has 1 heterocycles. The molecule has 0 bridgehead atoms. The number of carbonyl (C=O) groups excluding carboxylic acids is 1. The highest BCUT2D eigenvalue weighted by molar-refractivity contribution is 5.74. The van der Waals surface area contributed by atoms with Gasteiger partial charge in [0.2, 0.25) is 0 Å². The van der Waals surface area contributed by atoms with Gasteiger partial charge in [-0.15, -0.1) is 6.58 Å². The molecule has 5 nitrogen and oxygen atoms in total. The molecule has 1 saturated heterocycles. The highest BCUT2D eigenvalue weighted by Gasteiger charge is 2.19. The molecule has 0 spiro atoms. The zero-order valence-corrected chi connectivity index (χ0v) is 10.7. The number of piperazine rings is 1. The predicted molar refractivity (Wildman–Crippen MR) is 68.1 cm³/mol. The molecule has 1 rings (SSSR count). The van der Waals surface area contributed by atoms with Crippen LogP contribution >= 0.6 is 0 Å². The monoisotopic (exact) mass is 241 g/mol. The number of nitrogens with zero attached hydrogens (tertiary/aromatic N) is 2. The van der Waals surface area contributed by atoms with Crippen LogP contribution in [0.25, 0.3) is 0 Å². The Balaban J connectivity index is 2.16. The lowest BCUT2D eigenvalue weighted by atomic mass is 10.3. The van der Waals surface area contributed by atoms with E-state index in [-0.39, 0.29) is 6.03 Å². The Bertz CT molecular complexity index is 238. The van der Waals surface area contributed by atoms with Gasteiger partial charge in [0.05, 0.1) is 0 Å². The molecule has 0 unspecified atom stereocenters. The van der Waals surface area contributed by atoms with Crippen LogP contribution in [-0.4, -0.2) is 68.8 Å². The molecule has 0 atom stereocenters. The summed E-state index contributed by atoms with van der Waals surface area (Å²) in [6.07, 6.45) is 2.75. The Morgan fingerprint density at radius 1 is 1.41 bits per heavy atom. The van der Waals surface area contributed by atoms with E-state index in [1.807, 2.05) is 4.90 Å². The van der Waals surface area contributed by atoms with Gasteiger partial charge in [-0.05, 0) is 6.42 Å².